The van der Waals surface area contributed by atoms with E-state index in [2.05, 4.69) is 48.8 Å². The van der Waals surface area contributed by atoms with E-state index in [1.165, 1.54) is 7.11 Å². The number of thiol groups is 1. The van der Waals surface area contributed by atoms with Crippen LogP contribution < -0.4 is 9.46 Å². The first-order valence-electron chi connectivity index (χ1n) is 11.5. The summed E-state index contributed by atoms with van der Waals surface area (Å²) in [5.41, 5.74) is 3.71. The van der Waals surface area contributed by atoms with Gasteiger partial charge in [0.05, 0.1) is 43.1 Å². The van der Waals surface area contributed by atoms with E-state index >= 15 is 0 Å². The van der Waals surface area contributed by atoms with Crippen LogP contribution in [0.25, 0.3) is 33.5 Å². The minimum absolute atomic E-state index is 0.0632. The van der Waals surface area contributed by atoms with Gasteiger partial charge in [-0.25, -0.2) is 18.1 Å². The highest BCUT2D eigenvalue weighted by molar-refractivity contribution is 7.70. The van der Waals surface area contributed by atoms with Crippen molar-refractivity contribution in [2.75, 3.05) is 20.2 Å². The molecule has 13 heteroatoms. The van der Waals surface area contributed by atoms with Gasteiger partial charge >= 0.3 is 0 Å². The van der Waals surface area contributed by atoms with Crippen molar-refractivity contribution in [3.63, 3.8) is 0 Å². The Balaban J connectivity index is 1.47. The number of nitrogens with zero attached hydrogens (tertiary/aromatic N) is 5. The van der Waals surface area contributed by atoms with Crippen LogP contribution in [-0.2, 0) is 28.7 Å². The fraction of sp³-hybridized carbons (Fsp3) is 0.391. The first-order chi connectivity index (χ1) is 17.4. The molecule has 0 bridgehead atoms. The molecule has 3 aromatic heterocycles. The fourth-order valence-electron chi connectivity index (χ4n) is 4.54. The summed E-state index contributed by atoms with van der Waals surface area (Å²) in [4.78, 5) is 6.60. The number of benzene rings is 1. The Morgan fingerprint density at radius 1 is 1.14 bits per heavy atom. The zero-order chi connectivity index (χ0) is 25.2. The van der Waals surface area contributed by atoms with Crippen LogP contribution in [0.2, 0.25) is 0 Å². The summed E-state index contributed by atoms with van der Waals surface area (Å²) in [7, 11) is -1.26. The third kappa shape index (κ3) is 5.23. The highest BCUT2D eigenvalue weighted by Crippen LogP contribution is 2.34. The lowest BCUT2D eigenvalue weighted by molar-refractivity contribution is -0.0721. The number of ether oxygens (including phenoxy) is 2. The quantitative estimate of drug-likeness (QED) is 0.298. The Bertz CT molecular complexity index is 1430. The molecule has 190 valence electrons. The third-order valence-corrected chi connectivity index (χ3v) is 6.38. The molecule has 0 unspecified atom stereocenters. The van der Waals surface area contributed by atoms with Gasteiger partial charge in [-0.2, -0.15) is 5.10 Å². The Morgan fingerprint density at radius 2 is 1.94 bits per heavy atom. The van der Waals surface area contributed by atoms with Crippen LogP contribution in [0.4, 0.5) is 0 Å². The van der Waals surface area contributed by atoms with E-state index in [9.17, 15) is 8.42 Å². The number of nitrogens with one attached hydrogen (secondary N) is 2. The standard InChI is InChI=1S/C23H27N7O5S/c1-13-10-30(11-14(2)34-13)12-21-28-29-23(35-21)18-5-15(6-20-19(18)9-25-27-20)16-4-17(8-26-36(31)32)22(33-3)24-7-16/h4-7,9,13-14,36H,8,10-12H2,1-3H3,(H,25,27)(H,26,31,32)/t13-,14+. The summed E-state index contributed by atoms with van der Waals surface area (Å²) < 4.78 is 41.6. The van der Waals surface area contributed by atoms with Crippen molar-refractivity contribution >= 4 is 21.8 Å². The summed E-state index contributed by atoms with van der Waals surface area (Å²) >= 11 is 0. The van der Waals surface area contributed by atoms with Crippen LogP contribution >= 0.6 is 0 Å². The maximum atomic E-state index is 11.0. The Hall–Kier alpha value is -3.39. The third-order valence-electron chi connectivity index (χ3n) is 5.96. The van der Waals surface area contributed by atoms with Crippen LogP contribution in [0, 0.1) is 0 Å². The topological polar surface area (TPSA) is 148 Å². The molecular formula is C23H27N7O5S. The lowest BCUT2D eigenvalue weighted by Gasteiger charge is -2.34. The highest BCUT2D eigenvalue weighted by Gasteiger charge is 2.24. The number of H-pyrrole nitrogens is 1. The molecule has 1 fully saturated rings. The molecule has 4 heterocycles. The molecular weight excluding hydrogens is 486 g/mol. The average molecular weight is 514 g/mol. The van der Waals surface area contributed by atoms with Crippen molar-refractivity contribution < 1.29 is 22.3 Å². The van der Waals surface area contributed by atoms with Crippen molar-refractivity contribution in [2.24, 2.45) is 0 Å². The second-order valence-corrected chi connectivity index (χ2v) is 9.62. The highest BCUT2D eigenvalue weighted by atomic mass is 32.2. The van der Waals surface area contributed by atoms with E-state index in [-0.39, 0.29) is 18.8 Å². The molecule has 1 aromatic carbocycles. The van der Waals surface area contributed by atoms with Crippen molar-refractivity contribution in [2.45, 2.75) is 39.1 Å². The average Bonchev–Trinajstić information content (AvgIpc) is 3.51. The summed E-state index contributed by atoms with van der Waals surface area (Å²) in [6, 6.07) is 5.70. The van der Waals surface area contributed by atoms with Crippen molar-refractivity contribution in [3.8, 4) is 28.5 Å². The van der Waals surface area contributed by atoms with E-state index in [0.29, 0.717) is 29.8 Å². The first kappa shape index (κ1) is 24.3. The molecule has 12 nitrogen and oxygen atoms in total. The second kappa shape index (κ2) is 10.3. The molecule has 1 aliphatic rings. The number of pyridine rings is 1. The van der Waals surface area contributed by atoms with Gasteiger partial charge in [0.25, 0.3) is 0 Å². The normalized spacial score (nSPS) is 18.8. The molecule has 2 N–H and O–H groups in total. The number of hydrogen-bond acceptors (Lipinski definition) is 10. The predicted molar refractivity (Wildman–Crippen MR) is 132 cm³/mol. The van der Waals surface area contributed by atoms with Gasteiger partial charge in [-0.05, 0) is 37.6 Å². The minimum atomic E-state index is -2.75. The number of aromatic nitrogens is 5. The van der Waals surface area contributed by atoms with E-state index in [1.807, 2.05) is 18.2 Å². The van der Waals surface area contributed by atoms with Crippen LogP contribution in [0.5, 0.6) is 5.88 Å². The van der Waals surface area contributed by atoms with Crippen molar-refractivity contribution in [1.29, 1.82) is 0 Å². The van der Waals surface area contributed by atoms with Crippen LogP contribution in [0.1, 0.15) is 25.3 Å². The molecule has 1 aliphatic heterocycles. The maximum absolute atomic E-state index is 11.0. The largest absolute Gasteiger partial charge is 0.481 e. The summed E-state index contributed by atoms with van der Waals surface area (Å²) in [6.07, 6.45) is 3.67. The molecule has 36 heavy (non-hydrogen) atoms. The predicted octanol–water partition coefficient (Wildman–Crippen LogP) is 1.91. The van der Waals surface area contributed by atoms with Gasteiger partial charge < -0.3 is 13.9 Å². The summed E-state index contributed by atoms with van der Waals surface area (Å²) in [5, 5.41) is 16.6. The van der Waals surface area contributed by atoms with Gasteiger partial charge in [-0.3, -0.25) is 10.00 Å². The van der Waals surface area contributed by atoms with Crippen LogP contribution in [0.3, 0.4) is 0 Å². The number of rotatable bonds is 8. The zero-order valence-corrected chi connectivity index (χ0v) is 21.0. The molecule has 0 aliphatic carbocycles. The van der Waals surface area contributed by atoms with Crippen molar-refractivity contribution in [3.05, 3.63) is 42.0 Å². The monoisotopic (exact) mass is 513 g/mol. The minimum Gasteiger partial charge on any atom is -0.481 e. The van der Waals surface area contributed by atoms with E-state index < -0.39 is 10.9 Å². The van der Waals surface area contributed by atoms with Gasteiger partial charge in [0.15, 0.2) is 0 Å². The zero-order valence-electron chi connectivity index (χ0n) is 20.1. The SMILES string of the molecule is COc1ncc(-c2cc(-c3nnc(CN4C[C@@H](C)O[C@@H](C)C4)o3)c3cn[nH]c3c2)cc1CN[SH](=O)=O. The maximum Gasteiger partial charge on any atom is 0.248 e. The van der Waals surface area contributed by atoms with Crippen molar-refractivity contribution in [1.82, 2.24) is 35.0 Å². The number of methoxy groups -OCH3 is 1. The fourth-order valence-corrected chi connectivity index (χ4v) is 4.84. The molecule has 0 saturated carbocycles. The number of fused-ring (bicyclic) bond motifs is 1. The summed E-state index contributed by atoms with van der Waals surface area (Å²) in [6.45, 7) is 6.31. The molecule has 0 spiro atoms. The number of morpholine rings is 1. The van der Waals surface area contributed by atoms with E-state index in [1.54, 1.807) is 12.4 Å². The summed E-state index contributed by atoms with van der Waals surface area (Å²) in [5.74, 6) is 1.26. The molecule has 0 amide bonds. The Morgan fingerprint density at radius 3 is 2.69 bits per heavy atom. The molecule has 2 atom stereocenters. The van der Waals surface area contributed by atoms with E-state index in [4.69, 9.17) is 13.9 Å². The lowest BCUT2D eigenvalue weighted by Crippen LogP contribution is -2.44. The molecule has 5 rings (SSSR count). The number of aromatic amines is 1. The van der Waals surface area contributed by atoms with Gasteiger partial charge in [-0.15, -0.1) is 10.2 Å². The van der Waals surface area contributed by atoms with Gasteiger partial charge in [0.1, 0.15) is 0 Å². The van der Waals surface area contributed by atoms with E-state index in [0.717, 1.165) is 40.7 Å². The van der Waals surface area contributed by atoms with Crippen LogP contribution in [-0.4, -0.2) is 71.1 Å². The smallest absolute Gasteiger partial charge is 0.248 e. The Labute approximate surface area is 209 Å². The van der Waals surface area contributed by atoms with Gasteiger partial charge in [-0.1, -0.05) is 0 Å². The van der Waals surface area contributed by atoms with Crippen LogP contribution in [0.15, 0.2) is 35.0 Å². The molecule has 0 radical (unpaired) electrons. The molecule has 4 aromatic rings. The molecule has 1 saturated heterocycles. The lowest BCUT2D eigenvalue weighted by atomic mass is 10.0. The number of hydrogen-bond donors (Lipinski definition) is 3. The van der Waals surface area contributed by atoms with Gasteiger partial charge in [0.2, 0.25) is 28.6 Å². The second-order valence-electron chi connectivity index (χ2n) is 8.79. The first-order valence-corrected chi connectivity index (χ1v) is 12.7. The van der Waals surface area contributed by atoms with Gasteiger partial charge in [0, 0.05) is 42.3 Å². The Kier molecular flexibility index (Phi) is 6.96.